The lowest BCUT2D eigenvalue weighted by Crippen LogP contribution is -2.27. The number of benzene rings is 1. The number of pyridine rings is 1. The lowest BCUT2D eigenvalue weighted by atomic mass is 10.2. The molecular weight excluding hydrogens is 194 g/mol. The van der Waals surface area contributed by atoms with E-state index in [-0.39, 0.29) is 0 Å². The molecule has 3 N–H and O–H groups in total. The molecule has 5 heteroatoms. The van der Waals surface area contributed by atoms with Crippen LogP contribution in [0.3, 0.4) is 0 Å². The first-order valence-corrected chi connectivity index (χ1v) is 4.36. The zero-order chi connectivity index (χ0) is 10.7. The van der Waals surface area contributed by atoms with Crippen LogP contribution in [0.25, 0.3) is 10.9 Å². The molecule has 5 nitrogen and oxygen atoms in total. The van der Waals surface area contributed by atoms with Gasteiger partial charge in [-0.2, -0.15) is 0 Å². The summed E-state index contributed by atoms with van der Waals surface area (Å²) in [6.45, 7) is 0. The number of nitrogens with one attached hydrogen (secondary N) is 2. The Morgan fingerprint density at radius 2 is 2.13 bits per heavy atom. The first-order valence-electron chi connectivity index (χ1n) is 4.36. The van der Waals surface area contributed by atoms with Crippen LogP contribution in [0.1, 0.15) is 0 Å². The van der Waals surface area contributed by atoms with Gasteiger partial charge in [0.25, 0.3) is 0 Å². The summed E-state index contributed by atoms with van der Waals surface area (Å²) >= 11 is 0. The molecular formula is C10H9N3O2. The molecule has 0 saturated carbocycles. The number of fused-ring (bicyclic) bond motifs is 1. The van der Waals surface area contributed by atoms with Crippen molar-refractivity contribution in [2.24, 2.45) is 0 Å². The lowest BCUT2D eigenvalue weighted by Gasteiger charge is -2.07. The van der Waals surface area contributed by atoms with Crippen LogP contribution in [0.15, 0.2) is 36.5 Å². The largest absolute Gasteiger partial charge is 0.464 e. The summed E-state index contributed by atoms with van der Waals surface area (Å²) in [6, 6.07) is 9.12. The van der Waals surface area contributed by atoms with Crippen molar-refractivity contribution >= 4 is 22.7 Å². The molecule has 1 amide bonds. The normalized spacial score (nSPS) is 9.87. The van der Waals surface area contributed by atoms with Crippen LogP contribution in [-0.4, -0.2) is 16.2 Å². The fraction of sp³-hybridized carbons (Fsp3) is 0. The molecule has 1 aromatic heterocycles. The summed E-state index contributed by atoms with van der Waals surface area (Å²) in [6.07, 6.45) is 0.562. The predicted molar refractivity (Wildman–Crippen MR) is 56.5 cm³/mol. The summed E-state index contributed by atoms with van der Waals surface area (Å²) in [5.41, 5.74) is 6.19. The summed E-state index contributed by atoms with van der Waals surface area (Å²) in [4.78, 5) is 14.5. The van der Waals surface area contributed by atoms with E-state index in [0.717, 1.165) is 10.9 Å². The van der Waals surface area contributed by atoms with Crippen molar-refractivity contribution in [3.8, 4) is 0 Å². The molecule has 0 aliphatic heterocycles. The molecule has 0 spiro atoms. The van der Waals surface area contributed by atoms with E-state index in [0.29, 0.717) is 5.69 Å². The minimum Gasteiger partial charge on any atom is -0.464 e. The number of rotatable bonds is 2. The van der Waals surface area contributed by atoms with Crippen LogP contribution in [0, 0.1) is 0 Å². The summed E-state index contributed by atoms with van der Waals surface area (Å²) in [5.74, 6) is 0. The SMILES string of the molecule is O=C(O)NNc1cccc2ncccc12. The second kappa shape index (κ2) is 3.83. The van der Waals surface area contributed by atoms with Crippen LogP contribution in [0.2, 0.25) is 0 Å². The molecule has 2 rings (SSSR count). The van der Waals surface area contributed by atoms with Crippen LogP contribution >= 0.6 is 0 Å². The monoisotopic (exact) mass is 203 g/mol. The van der Waals surface area contributed by atoms with Crippen LogP contribution < -0.4 is 10.9 Å². The Balaban J connectivity index is 2.38. The first kappa shape index (κ1) is 9.26. The van der Waals surface area contributed by atoms with Gasteiger partial charge < -0.3 is 5.11 Å². The quantitative estimate of drug-likeness (QED) is 0.651. The molecule has 2 aromatic rings. The third-order valence-corrected chi connectivity index (χ3v) is 1.95. The average Bonchev–Trinajstić information content (AvgIpc) is 2.26. The maximum absolute atomic E-state index is 10.3. The zero-order valence-corrected chi connectivity index (χ0v) is 7.77. The number of nitrogens with zero attached hydrogens (tertiary/aromatic N) is 1. The third kappa shape index (κ3) is 1.96. The second-order valence-corrected chi connectivity index (χ2v) is 2.93. The van der Waals surface area contributed by atoms with Gasteiger partial charge in [0.05, 0.1) is 11.2 Å². The van der Waals surface area contributed by atoms with E-state index in [9.17, 15) is 4.79 Å². The highest BCUT2D eigenvalue weighted by atomic mass is 16.4. The van der Waals surface area contributed by atoms with E-state index in [1.165, 1.54) is 0 Å². The summed E-state index contributed by atoms with van der Waals surface area (Å²) in [5, 5.41) is 9.33. The van der Waals surface area contributed by atoms with Crippen molar-refractivity contribution in [2.45, 2.75) is 0 Å². The highest BCUT2D eigenvalue weighted by Gasteiger charge is 2.00. The van der Waals surface area contributed by atoms with Crippen LogP contribution in [0.5, 0.6) is 0 Å². The molecule has 0 aliphatic rings. The number of hydrogen-bond acceptors (Lipinski definition) is 3. The molecule has 0 aliphatic carbocycles. The van der Waals surface area contributed by atoms with Gasteiger partial charge in [0.2, 0.25) is 0 Å². The third-order valence-electron chi connectivity index (χ3n) is 1.95. The fourth-order valence-corrected chi connectivity index (χ4v) is 1.33. The maximum atomic E-state index is 10.3. The second-order valence-electron chi connectivity index (χ2n) is 2.93. The van der Waals surface area contributed by atoms with E-state index in [2.05, 4.69) is 15.8 Å². The van der Waals surface area contributed by atoms with Gasteiger partial charge in [-0.05, 0) is 24.3 Å². The van der Waals surface area contributed by atoms with Crippen molar-refractivity contribution in [2.75, 3.05) is 5.43 Å². The number of amides is 1. The molecule has 0 unspecified atom stereocenters. The Morgan fingerprint density at radius 1 is 1.27 bits per heavy atom. The van der Waals surface area contributed by atoms with Crippen molar-refractivity contribution < 1.29 is 9.90 Å². The average molecular weight is 203 g/mol. The van der Waals surface area contributed by atoms with Gasteiger partial charge in [-0.15, -0.1) is 0 Å². The Bertz CT molecular complexity index is 493. The van der Waals surface area contributed by atoms with Gasteiger partial charge in [0, 0.05) is 11.6 Å². The topological polar surface area (TPSA) is 74.2 Å². The summed E-state index contributed by atoms with van der Waals surface area (Å²) in [7, 11) is 0. The Morgan fingerprint density at radius 3 is 2.93 bits per heavy atom. The number of carboxylic acid groups (broad SMARTS) is 1. The van der Waals surface area contributed by atoms with Gasteiger partial charge in [0.15, 0.2) is 0 Å². The maximum Gasteiger partial charge on any atom is 0.423 e. The highest BCUT2D eigenvalue weighted by Crippen LogP contribution is 2.20. The standard InChI is InChI=1S/C10H9N3O2/c14-10(15)13-12-9-5-1-4-8-7(9)3-2-6-11-8/h1-6,12-13H,(H,14,15). The predicted octanol–water partition coefficient (Wildman–Crippen LogP) is 1.83. The number of anilines is 1. The van der Waals surface area contributed by atoms with Crippen molar-refractivity contribution in [3.05, 3.63) is 36.5 Å². The van der Waals surface area contributed by atoms with E-state index in [4.69, 9.17) is 5.11 Å². The molecule has 76 valence electrons. The zero-order valence-electron chi connectivity index (χ0n) is 7.77. The fourth-order valence-electron chi connectivity index (χ4n) is 1.33. The van der Waals surface area contributed by atoms with Gasteiger partial charge in [-0.1, -0.05) is 6.07 Å². The molecule has 1 heterocycles. The van der Waals surface area contributed by atoms with Crippen LogP contribution in [0.4, 0.5) is 10.5 Å². The molecule has 0 atom stereocenters. The van der Waals surface area contributed by atoms with Gasteiger partial charge in [-0.3, -0.25) is 10.4 Å². The molecule has 0 radical (unpaired) electrons. The van der Waals surface area contributed by atoms with Crippen molar-refractivity contribution in [1.82, 2.24) is 10.4 Å². The molecule has 0 saturated heterocycles. The van der Waals surface area contributed by atoms with Crippen molar-refractivity contribution in [3.63, 3.8) is 0 Å². The number of aromatic nitrogens is 1. The van der Waals surface area contributed by atoms with Gasteiger partial charge in [0.1, 0.15) is 0 Å². The number of carbonyl (C=O) groups is 1. The van der Waals surface area contributed by atoms with E-state index < -0.39 is 6.09 Å². The molecule has 15 heavy (non-hydrogen) atoms. The number of hydrazine groups is 1. The Labute approximate surface area is 85.7 Å². The molecule has 1 aromatic carbocycles. The minimum atomic E-state index is -1.13. The molecule has 0 bridgehead atoms. The Hall–Kier alpha value is -2.30. The Kier molecular flexibility index (Phi) is 2.37. The van der Waals surface area contributed by atoms with Crippen LogP contribution in [-0.2, 0) is 0 Å². The highest BCUT2D eigenvalue weighted by molar-refractivity contribution is 5.91. The smallest absolute Gasteiger partial charge is 0.423 e. The van der Waals surface area contributed by atoms with E-state index in [1.807, 2.05) is 12.1 Å². The summed E-state index contributed by atoms with van der Waals surface area (Å²) < 4.78 is 0. The van der Waals surface area contributed by atoms with E-state index >= 15 is 0 Å². The van der Waals surface area contributed by atoms with E-state index in [1.54, 1.807) is 24.4 Å². The number of hydrogen-bond donors (Lipinski definition) is 3. The first-order chi connectivity index (χ1) is 7.27. The van der Waals surface area contributed by atoms with Gasteiger partial charge >= 0.3 is 6.09 Å². The molecule has 0 fully saturated rings. The lowest BCUT2D eigenvalue weighted by molar-refractivity contribution is 0.197. The van der Waals surface area contributed by atoms with Crippen molar-refractivity contribution in [1.29, 1.82) is 0 Å². The van der Waals surface area contributed by atoms with Gasteiger partial charge in [-0.25, -0.2) is 10.2 Å². The minimum absolute atomic E-state index is 0.683.